The number of ether oxygens (including phenoxy) is 1. The largest absolute Gasteiger partial charge is 0.480 e. The minimum Gasteiger partial charge on any atom is -0.480 e. The van der Waals surface area contributed by atoms with Gasteiger partial charge in [0.15, 0.2) is 0 Å². The fraction of sp³-hybridized carbons (Fsp3) is 0.500. The molecule has 0 aliphatic carbocycles. The minimum atomic E-state index is -0.983. The molecule has 1 aliphatic rings. The van der Waals surface area contributed by atoms with Crippen molar-refractivity contribution in [1.29, 1.82) is 0 Å². The average Bonchev–Trinajstić information content (AvgIpc) is 2.97. The highest BCUT2D eigenvalue weighted by Crippen LogP contribution is 2.23. The highest BCUT2D eigenvalue weighted by Gasteiger charge is 2.40. The highest BCUT2D eigenvalue weighted by molar-refractivity contribution is 7.98. The summed E-state index contributed by atoms with van der Waals surface area (Å²) < 4.78 is 5.21. The summed E-state index contributed by atoms with van der Waals surface area (Å²) in [6, 6.07) is 6.58. The van der Waals surface area contributed by atoms with Crippen LogP contribution in [0.15, 0.2) is 24.3 Å². The van der Waals surface area contributed by atoms with Gasteiger partial charge in [0.1, 0.15) is 6.04 Å². The molecule has 1 saturated heterocycles. The van der Waals surface area contributed by atoms with Crippen molar-refractivity contribution >= 4 is 23.6 Å². The molecule has 1 N–H and O–H groups in total. The highest BCUT2D eigenvalue weighted by atomic mass is 32.2. The van der Waals surface area contributed by atoms with Gasteiger partial charge in [0.25, 0.3) is 5.91 Å². The molecule has 2 atom stereocenters. The first kappa shape index (κ1) is 16.8. The quantitative estimate of drug-likeness (QED) is 0.870. The van der Waals surface area contributed by atoms with Crippen LogP contribution in [0.2, 0.25) is 0 Å². The number of hydrogen-bond donors (Lipinski definition) is 1. The van der Waals surface area contributed by atoms with Crippen molar-refractivity contribution in [2.24, 2.45) is 0 Å². The molecule has 0 bridgehead atoms. The average molecular weight is 323 g/mol. The lowest BCUT2D eigenvalue weighted by atomic mass is 10.1. The van der Waals surface area contributed by atoms with Gasteiger partial charge < -0.3 is 14.7 Å². The van der Waals surface area contributed by atoms with Crippen molar-refractivity contribution in [3.05, 3.63) is 35.4 Å². The molecular formula is C16H21NO4S. The SMILES string of the molecule is CCSCc1ccc(C(=O)N2CC(OC)CC2C(=O)O)cc1. The van der Waals surface area contributed by atoms with Crippen LogP contribution in [0.5, 0.6) is 0 Å². The molecule has 5 nitrogen and oxygen atoms in total. The van der Waals surface area contributed by atoms with Crippen LogP contribution in [0.3, 0.4) is 0 Å². The maximum Gasteiger partial charge on any atom is 0.326 e. The number of nitrogens with zero attached hydrogens (tertiary/aromatic N) is 1. The standard InChI is InChI=1S/C16H21NO4S/c1-3-22-10-11-4-6-12(7-5-11)15(18)17-9-13(21-2)8-14(17)16(19)20/h4-7,13-14H,3,8-10H2,1-2H3,(H,19,20). The number of likely N-dealkylation sites (tertiary alicyclic amines) is 1. The molecule has 1 amide bonds. The van der Waals surface area contributed by atoms with Gasteiger partial charge in [0.05, 0.1) is 6.10 Å². The fourth-order valence-electron chi connectivity index (χ4n) is 2.56. The van der Waals surface area contributed by atoms with E-state index in [2.05, 4.69) is 6.92 Å². The summed E-state index contributed by atoms with van der Waals surface area (Å²) in [5.41, 5.74) is 1.68. The van der Waals surface area contributed by atoms with E-state index < -0.39 is 12.0 Å². The monoisotopic (exact) mass is 323 g/mol. The zero-order chi connectivity index (χ0) is 16.1. The molecule has 0 radical (unpaired) electrons. The third-order valence-corrected chi connectivity index (χ3v) is 4.76. The van der Waals surface area contributed by atoms with Gasteiger partial charge >= 0.3 is 5.97 Å². The lowest BCUT2D eigenvalue weighted by Gasteiger charge is -2.21. The Morgan fingerprint density at radius 3 is 2.59 bits per heavy atom. The summed E-state index contributed by atoms with van der Waals surface area (Å²) >= 11 is 1.82. The van der Waals surface area contributed by atoms with Gasteiger partial charge in [-0.25, -0.2) is 4.79 Å². The van der Waals surface area contributed by atoms with E-state index >= 15 is 0 Å². The molecule has 1 aliphatic heterocycles. The number of aliphatic carboxylic acids is 1. The lowest BCUT2D eigenvalue weighted by Crippen LogP contribution is -2.40. The number of carbonyl (C=O) groups is 2. The number of rotatable bonds is 6. The smallest absolute Gasteiger partial charge is 0.326 e. The number of amides is 1. The number of carboxylic acid groups (broad SMARTS) is 1. The van der Waals surface area contributed by atoms with E-state index in [1.54, 1.807) is 12.1 Å². The van der Waals surface area contributed by atoms with Gasteiger partial charge in [-0.3, -0.25) is 4.79 Å². The van der Waals surface area contributed by atoms with Gasteiger partial charge in [0.2, 0.25) is 0 Å². The number of methoxy groups -OCH3 is 1. The fourth-order valence-corrected chi connectivity index (χ4v) is 3.19. The van der Waals surface area contributed by atoms with Crippen LogP contribution in [0, 0.1) is 0 Å². The molecule has 2 rings (SSSR count). The lowest BCUT2D eigenvalue weighted by molar-refractivity contribution is -0.141. The summed E-state index contributed by atoms with van der Waals surface area (Å²) in [6.45, 7) is 2.42. The van der Waals surface area contributed by atoms with Crippen molar-refractivity contribution in [3.8, 4) is 0 Å². The van der Waals surface area contributed by atoms with Crippen molar-refractivity contribution in [2.75, 3.05) is 19.4 Å². The first-order chi connectivity index (χ1) is 10.6. The maximum absolute atomic E-state index is 12.6. The molecule has 22 heavy (non-hydrogen) atoms. The molecule has 0 aromatic heterocycles. The predicted molar refractivity (Wildman–Crippen MR) is 86.2 cm³/mol. The Morgan fingerprint density at radius 2 is 2.05 bits per heavy atom. The second-order valence-electron chi connectivity index (χ2n) is 5.24. The van der Waals surface area contributed by atoms with Crippen molar-refractivity contribution < 1.29 is 19.4 Å². The summed E-state index contributed by atoms with van der Waals surface area (Å²) in [5, 5.41) is 9.28. The van der Waals surface area contributed by atoms with Gasteiger partial charge in [-0.05, 0) is 23.4 Å². The maximum atomic E-state index is 12.6. The molecule has 120 valence electrons. The van der Waals surface area contributed by atoms with Crippen LogP contribution in [-0.2, 0) is 15.3 Å². The summed E-state index contributed by atoms with van der Waals surface area (Å²) in [7, 11) is 1.54. The summed E-state index contributed by atoms with van der Waals surface area (Å²) in [5.74, 6) is 0.733. The van der Waals surface area contributed by atoms with Gasteiger partial charge in [-0.15, -0.1) is 0 Å². The predicted octanol–water partition coefficient (Wildman–Crippen LogP) is 2.25. The molecular weight excluding hydrogens is 302 g/mol. The molecule has 1 fully saturated rings. The van der Waals surface area contributed by atoms with E-state index in [0.717, 1.165) is 17.1 Å². The van der Waals surface area contributed by atoms with Crippen LogP contribution in [0.1, 0.15) is 29.3 Å². The van der Waals surface area contributed by atoms with Crippen LogP contribution < -0.4 is 0 Å². The van der Waals surface area contributed by atoms with E-state index in [-0.39, 0.29) is 12.0 Å². The van der Waals surface area contributed by atoms with Crippen molar-refractivity contribution in [3.63, 3.8) is 0 Å². The number of thioether (sulfide) groups is 1. The van der Waals surface area contributed by atoms with E-state index in [1.807, 2.05) is 23.9 Å². The Balaban J connectivity index is 2.10. The van der Waals surface area contributed by atoms with Crippen LogP contribution >= 0.6 is 11.8 Å². The zero-order valence-electron chi connectivity index (χ0n) is 12.8. The van der Waals surface area contributed by atoms with Crippen LogP contribution in [0.25, 0.3) is 0 Å². The molecule has 6 heteroatoms. The molecule has 2 unspecified atom stereocenters. The van der Waals surface area contributed by atoms with Gasteiger partial charge in [0, 0.05) is 31.4 Å². The van der Waals surface area contributed by atoms with E-state index in [1.165, 1.54) is 12.0 Å². The summed E-state index contributed by atoms with van der Waals surface area (Å²) in [4.78, 5) is 25.3. The molecule has 1 aromatic carbocycles. The molecule has 1 heterocycles. The normalized spacial score (nSPS) is 21.1. The summed E-state index contributed by atoms with van der Waals surface area (Å²) in [6.07, 6.45) is 0.119. The zero-order valence-corrected chi connectivity index (χ0v) is 13.6. The minimum absolute atomic E-state index is 0.217. The van der Waals surface area contributed by atoms with Gasteiger partial charge in [-0.2, -0.15) is 11.8 Å². The Hall–Kier alpha value is -1.53. The molecule has 1 aromatic rings. The van der Waals surface area contributed by atoms with Crippen molar-refractivity contribution in [1.82, 2.24) is 4.90 Å². The first-order valence-corrected chi connectivity index (χ1v) is 8.45. The first-order valence-electron chi connectivity index (χ1n) is 7.30. The van der Waals surface area contributed by atoms with Gasteiger partial charge in [-0.1, -0.05) is 19.1 Å². The van der Waals surface area contributed by atoms with E-state index in [9.17, 15) is 14.7 Å². The number of carboxylic acids is 1. The van der Waals surface area contributed by atoms with E-state index in [4.69, 9.17) is 4.74 Å². The van der Waals surface area contributed by atoms with Crippen molar-refractivity contribution in [2.45, 2.75) is 31.2 Å². The van der Waals surface area contributed by atoms with E-state index in [0.29, 0.717) is 18.5 Å². The Morgan fingerprint density at radius 1 is 1.36 bits per heavy atom. The topological polar surface area (TPSA) is 66.8 Å². The third kappa shape index (κ3) is 3.81. The van der Waals surface area contributed by atoms with Crippen LogP contribution in [0.4, 0.5) is 0 Å². The molecule has 0 spiro atoms. The molecule has 0 saturated carbocycles. The Bertz CT molecular complexity index is 531. The Labute approximate surface area is 134 Å². The second-order valence-corrected chi connectivity index (χ2v) is 6.51. The number of hydrogen-bond acceptors (Lipinski definition) is 4. The number of benzene rings is 1. The third-order valence-electron chi connectivity index (χ3n) is 3.82. The van der Waals surface area contributed by atoms with Crippen LogP contribution in [-0.4, -0.2) is 53.4 Å². The second kappa shape index (κ2) is 7.65. The number of carbonyl (C=O) groups excluding carboxylic acids is 1. The Kier molecular flexibility index (Phi) is 5.85.